The Kier molecular flexibility index (Phi) is 6.98. The fraction of sp³-hybridized carbons (Fsp3) is 0.0179. The molecule has 9 aromatic carbocycles. The van der Waals surface area contributed by atoms with Gasteiger partial charge in [-0.3, -0.25) is 0 Å². The van der Waals surface area contributed by atoms with Gasteiger partial charge in [-0.2, -0.15) is 0 Å². The molecule has 1 aliphatic rings. The van der Waals surface area contributed by atoms with Crippen molar-refractivity contribution in [2.45, 2.75) is 6.42 Å². The summed E-state index contributed by atoms with van der Waals surface area (Å²) in [6.45, 7) is 0. The zero-order valence-corrected chi connectivity index (χ0v) is 33.9. The van der Waals surface area contributed by atoms with Crippen molar-refractivity contribution in [1.29, 1.82) is 0 Å². The number of benzene rings is 9. The van der Waals surface area contributed by atoms with Crippen LogP contribution in [0, 0.1) is 0 Å². The van der Waals surface area contributed by atoms with E-state index in [0.29, 0.717) is 17.5 Å². The minimum absolute atomic E-state index is 0.575. The normalized spacial score (nSPS) is 12.5. The molecule has 0 aliphatic heterocycles. The summed E-state index contributed by atoms with van der Waals surface area (Å²) in [6.07, 6.45) is 0.778. The number of thiophene rings is 1. The molecular formula is C56H32N4OS. The highest BCUT2D eigenvalue weighted by Crippen LogP contribution is 2.46. The van der Waals surface area contributed by atoms with Gasteiger partial charge in [0.25, 0.3) is 0 Å². The van der Waals surface area contributed by atoms with Crippen LogP contribution in [0.3, 0.4) is 0 Å². The SMILES string of the molecule is c1ccc2c(c1)Cc1c(-c3nc(-c4cccc5c4oc4ccccc45)nc(-c4cccc5c4sc4ccccc45)n3)cc(-n3c4ccccc4c4cc5ccccc5cc43)cc1-2. The first-order valence-electron chi connectivity index (χ1n) is 21.0. The second-order valence-corrected chi connectivity index (χ2v) is 17.3. The van der Waals surface area contributed by atoms with Crippen molar-refractivity contribution >= 4 is 86.0 Å². The van der Waals surface area contributed by atoms with Crippen LogP contribution in [0.25, 0.3) is 126 Å². The number of fused-ring (bicyclic) bond motifs is 13. The minimum atomic E-state index is 0.575. The molecule has 0 atom stereocenters. The highest BCUT2D eigenvalue weighted by molar-refractivity contribution is 7.26. The number of para-hydroxylation sites is 3. The summed E-state index contributed by atoms with van der Waals surface area (Å²) in [6, 6.07) is 65.1. The maximum absolute atomic E-state index is 6.63. The van der Waals surface area contributed by atoms with E-state index in [9.17, 15) is 0 Å². The van der Waals surface area contributed by atoms with Gasteiger partial charge in [-0.05, 0) is 94.0 Å². The van der Waals surface area contributed by atoms with Gasteiger partial charge in [0.05, 0.1) is 16.6 Å². The van der Waals surface area contributed by atoms with Crippen LogP contribution in [0.4, 0.5) is 0 Å². The van der Waals surface area contributed by atoms with Crippen molar-refractivity contribution < 1.29 is 4.42 Å². The molecule has 14 rings (SSSR count). The van der Waals surface area contributed by atoms with Gasteiger partial charge >= 0.3 is 0 Å². The summed E-state index contributed by atoms with van der Waals surface area (Å²) in [4.78, 5) is 16.4. The van der Waals surface area contributed by atoms with Crippen molar-refractivity contribution in [2.75, 3.05) is 0 Å². The molecule has 0 saturated carbocycles. The van der Waals surface area contributed by atoms with E-state index in [-0.39, 0.29) is 0 Å². The quantitative estimate of drug-likeness (QED) is 0.178. The van der Waals surface area contributed by atoms with E-state index in [1.165, 1.54) is 59.3 Å². The highest BCUT2D eigenvalue weighted by atomic mass is 32.1. The molecule has 0 amide bonds. The molecule has 0 spiro atoms. The molecule has 0 radical (unpaired) electrons. The van der Waals surface area contributed by atoms with Gasteiger partial charge in [0.2, 0.25) is 0 Å². The van der Waals surface area contributed by atoms with Crippen molar-refractivity contribution in [2.24, 2.45) is 0 Å². The first-order chi connectivity index (χ1) is 30.7. The predicted molar refractivity (Wildman–Crippen MR) is 256 cm³/mol. The molecule has 0 fully saturated rings. The molecular weight excluding hydrogens is 777 g/mol. The molecule has 288 valence electrons. The topological polar surface area (TPSA) is 56.7 Å². The molecule has 0 unspecified atom stereocenters. The monoisotopic (exact) mass is 808 g/mol. The third kappa shape index (κ3) is 4.87. The lowest BCUT2D eigenvalue weighted by Gasteiger charge is -2.16. The highest BCUT2D eigenvalue weighted by Gasteiger charge is 2.27. The summed E-state index contributed by atoms with van der Waals surface area (Å²) in [5.41, 5.74) is 12.7. The van der Waals surface area contributed by atoms with Crippen LogP contribution in [0.2, 0.25) is 0 Å². The Morgan fingerprint density at radius 3 is 1.95 bits per heavy atom. The number of furan rings is 1. The Bertz CT molecular complexity index is 3910. The number of hydrogen-bond donors (Lipinski definition) is 0. The second-order valence-electron chi connectivity index (χ2n) is 16.3. The molecule has 1 aliphatic carbocycles. The Labute approximate surface area is 358 Å². The summed E-state index contributed by atoms with van der Waals surface area (Å²) in [5, 5.41) is 9.41. The van der Waals surface area contributed by atoms with Crippen LogP contribution in [-0.4, -0.2) is 19.5 Å². The van der Waals surface area contributed by atoms with E-state index in [1.54, 1.807) is 11.3 Å². The van der Waals surface area contributed by atoms with Crippen LogP contribution >= 0.6 is 11.3 Å². The van der Waals surface area contributed by atoms with Crippen LogP contribution in [0.1, 0.15) is 11.1 Å². The fourth-order valence-corrected chi connectivity index (χ4v) is 11.3. The number of rotatable bonds is 4. The van der Waals surface area contributed by atoms with Gasteiger partial charge in [-0.1, -0.05) is 127 Å². The Balaban J connectivity index is 1.09. The average molecular weight is 809 g/mol. The number of hydrogen-bond acceptors (Lipinski definition) is 5. The van der Waals surface area contributed by atoms with Crippen molar-refractivity contribution in [1.82, 2.24) is 19.5 Å². The first kappa shape index (κ1) is 33.9. The Hall–Kier alpha value is -7.93. The Morgan fingerprint density at radius 1 is 0.435 bits per heavy atom. The van der Waals surface area contributed by atoms with Gasteiger partial charge in [-0.15, -0.1) is 11.3 Å². The molecule has 5 nitrogen and oxygen atoms in total. The van der Waals surface area contributed by atoms with E-state index in [0.717, 1.165) is 66.5 Å². The lowest BCUT2D eigenvalue weighted by molar-refractivity contribution is 0.669. The van der Waals surface area contributed by atoms with Gasteiger partial charge in [0.1, 0.15) is 11.2 Å². The summed E-state index contributed by atoms with van der Waals surface area (Å²) < 4.78 is 11.5. The maximum Gasteiger partial charge on any atom is 0.167 e. The molecule has 0 bridgehead atoms. The molecule has 0 N–H and O–H groups in total. The lowest BCUT2D eigenvalue weighted by atomic mass is 9.98. The second kappa shape index (κ2) is 12.8. The van der Waals surface area contributed by atoms with Crippen molar-refractivity contribution in [3.05, 3.63) is 193 Å². The van der Waals surface area contributed by atoms with Gasteiger partial charge in [-0.25, -0.2) is 15.0 Å². The van der Waals surface area contributed by atoms with Gasteiger partial charge in [0.15, 0.2) is 17.5 Å². The van der Waals surface area contributed by atoms with Crippen LogP contribution in [-0.2, 0) is 6.42 Å². The summed E-state index contributed by atoms with van der Waals surface area (Å²) in [5.74, 6) is 1.84. The lowest BCUT2D eigenvalue weighted by Crippen LogP contribution is -2.04. The van der Waals surface area contributed by atoms with Gasteiger partial charge in [0, 0.05) is 58.5 Å². The zero-order chi connectivity index (χ0) is 40.5. The van der Waals surface area contributed by atoms with E-state index in [4.69, 9.17) is 19.4 Å². The third-order valence-corrected chi connectivity index (χ3v) is 14.1. The van der Waals surface area contributed by atoms with Gasteiger partial charge < -0.3 is 8.98 Å². The van der Waals surface area contributed by atoms with Crippen molar-refractivity contribution in [3.8, 4) is 51.0 Å². The maximum atomic E-state index is 6.63. The molecule has 4 aromatic heterocycles. The van der Waals surface area contributed by atoms with E-state index in [1.807, 2.05) is 12.1 Å². The molecule has 4 heterocycles. The number of nitrogens with zero attached hydrogens (tertiary/aromatic N) is 4. The largest absolute Gasteiger partial charge is 0.455 e. The van der Waals surface area contributed by atoms with Crippen molar-refractivity contribution in [3.63, 3.8) is 0 Å². The third-order valence-electron chi connectivity index (χ3n) is 12.9. The number of aromatic nitrogens is 4. The summed E-state index contributed by atoms with van der Waals surface area (Å²) >= 11 is 1.79. The van der Waals surface area contributed by atoms with Crippen LogP contribution in [0.5, 0.6) is 0 Å². The van der Waals surface area contributed by atoms with Crippen LogP contribution < -0.4 is 0 Å². The minimum Gasteiger partial charge on any atom is -0.455 e. The molecule has 0 saturated heterocycles. The molecule has 13 aromatic rings. The zero-order valence-electron chi connectivity index (χ0n) is 33.1. The molecule has 6 heteroatoms. The first-order valence-corrected chi connectivity index (χ1v) is 21.8. The van der Waals surface area contributed by atoms with E-state index < -0.39 is 0 Å². The Morgan fingerprint density at radius 2 is 1.06 bits per heavy atom. The average Bonchev–Trinajstić information content (AvgIpc) is 4.09. The van der Waals surface area contributed by atoms with Crippen LogP contribution in [0.15, 0.2) is 186 Å². The van der Waals surface area contributed by atoms with E-state index >= 15 is 0 Å². The molecule has 62 heavy (non-hydrogen) atoms. The smallest absolute Gasteiger partial charge is 0.167 e. The summed E-state index contributed by atoms with van der Waals surface area (Å²) in [7, 11) is 0. The van der Waals surface area contributed by atoms with E-state index in [2.05, 4.69) is 174 Å². The standard InChI is InChI=1S/C56H32N4OS/c1-2-14-33-29-49-46(27-32(33)13-1)37-17-5-8-24-48(37)60(49)35-30-45-36-16-4-3-15-34(36)28-44(45)47(31-35)56-58-54(42-22-11-20-40-38-18-6-9-25-50(38)61-52(40)42)57-55(59-56)43-23-12-21-41-39-19-7-10-26-51(39)62-53(41)43/h1-27,29-31H,28H2. The fourth-order valence-electron chi connectivity index (χ4n) is 10.1. The predicted octanol–water partition coefficient (Wildman–Crippen LogP) is 15.0.